The van der Waals surface area contributed by atoms with Gasteiger partial charge in [0, 0.05) is 6.07 Å². The lowest BCUT2D eigenvalue weighted by Gasteiger charge is -1.96. The summed E-state index contributed by atoms with van der Waals surface area (Å²) in [5, 5.41) is 6.39. The van der Waals surface area contributed by atoms with Crippen molar-refractivity contribution < 1.29 is 0 Å². The number of aromatic amines is 1. The number of hydrogen-bond acceptors (Lipinski definition) is 4. The molecular formula is C6H3Br2N5. The number of H-pyrrole nitrogens is 1. The number of aromatic nitrogens is 5. The fourth-order valence-electron chi connectivity index (χ4n) is 0.809. The number of hydrogen-bond donors (Lipinski definition) is 1. The lowest BCUT2D eigenvalue weighted by atomic mass is 10.5. The van der Waals surface area contributed by atoms with Gasteiger partial charge in [0.15, 0.2) is 11.6 Å². The van der Waals surface area contributed by atoms with E-state index in [1.54, 1.807) is 6.07 Å². The molecule has 0 bridgehead atoms. The Balaban J connectivity index is 2.53. The quantitative estimate of drug-likeness (QED) is 0.816. The van der Waals surface area contributed by atoms with Crippen LogP contribution >= 0.6 is 31.9 Å². The van der Waals surface area contributed by atoms with Gasteiger partial charge in [-0.3, -0.25) is 5.10 Å². The molecular weight excluding hydrogens is 302 g/mol. The Hall–Kier alpha value is -0.820. The molecule has 0 radical (unpaired) electrons. The van der Waals surface area contributed by atoms with E-state index in [2.05, 4.69) is 57.0 Å². The molecule has 0 fully saturated rings. The Morgan fingerprint density at radius 2 is 1.85 bits per heavy atom. The summed E-state index contributed by atoms with van der Waals surface area (Å²) in [6.45, 7) is 0. The van der Waals surface area contributed by atoms with E-state index < -0.39 is 0 Å². The molecule has 0 aliphatic rings. The predicted molar refractivity (Wildman–Crippen MR) is 52.8 cm³/mol. The Labute approximate surface area is 90.3 Å². The Morgan fingerprint density at radius 1 is 1.15 bits per heavy atom. The maximum absolute atomic E-state index is 4.12. The highest BCUT2D eigenvalue weighted by Crippen LogP contribution is 2.17. The van der Waals surface area contributed by atoms with Crippen molar-refractivity contribution in [1.29, 1.82) is 0 Å². The molecule has 7 heteroatoms. The van der Waals surface area contributed by atoms with Crippen LogP contribution in [-0.2, 0) is 0 Å². The highest BCUT2D eigenvalue weighted by Gasteiger charge is 2.06. The molecule has 0 aliphatic carbocycles. The van der Waals surface area contributed by atoms with Crippen LogP contribution in [0.1, 0.15) is 0 Å². The maximum Gasteiger partial charge on any atom is 0.199 e. The number of rotatable bonds is 1. The van der Waals surface area contributed by atoms with E-state index in [0.29, 0.717) is 20.9 Å². The van der Waals surface area contributed by atoms with Crippen molar-refractivity contribution in [3.63, 3.8) is 0 Å². The van der Waals surface area contributed by atoms with Crippen LogP contribution in [0.15, 0.2) is 21.6 Å². The zero-order valence-electron chi connectivity index (χ0n) is 6.20. The lowest BCUT2D eigenvalue weighted by Crippen LogP contribution is -1.92. The van der Waals surface area contributed by atoms with Gasteiger partial charge in [0.25, 0.3) is 0 Å². The largest absolute Gasteiger partial charge is 0.257 e. The molecule has 2 rings (SSSR count). The minimum atomic E-state index is 0.499. The van der Waals surface area contributed by atoms with Crippen molar-refractivity contribution in [2.24, 2.45) is 0 Å². The lowest BCUT2D eigenvalue weighted by molar-refractivity contribution is 1.04. The first-order valence-electron chi connectivity index (χ1n) is 3.31. The topological polar surface area (TPSA) is 67.3 Å². The fourth-order valence-corrected chi connectivity index (χ4v) is 1.89. The minimum Gasteiger partial charge on any atom is -0.257 e. The average Bonchev–Trinajstić information content (AvgIpc) is 2.53. The second-order valence-corrected chi connectivity index (χ2v) is 3.80. The Bertz CT molecular complexity index is 393. The molecule has 5 nitrogen and oxygen atoms in total. The van der Waals surface area contributed by atoms with Gasteiger partial charge in [0.1, 0.15) is 15.5 Å². The van der Waals surface area contributed by atoms with E-state index in [1.807, 2.05) is 0 Å². The molecule has 66 valence electrons. The summed E-state index contributed by atoms with van der Waals surface area (Å²) in [5.74, 6) is 1.04. The molecule has 0 saturated carbocycles. The summed E-state index contributed by atoms with van der Waals surface area (Å²) in [7, 11) is 0. The molecule has 1 N–H and O–H groups in total. The van der Waals surface area contributed by atoms with Crippen molar-refractivity contribution in [3.8, 4) is 11.6 Å². The number of nitrogens with one attached hydrogen (secondary N) is 1. The number of halogens is 2. The van der Waals surface area contributed by atoms with Crippen LogP contribution in [0.4, 0.5) is 0 Å². The van der Waals surface area contributed by atoms with Gasteiger partial charge in [-0.2, -0.15) is 5.10 Å². The molecule has 2 aromatic heterocycles. The molecule has 0 spiro atoms. The van der Waals surface area contributed by atoms with Crippen molar-refractivity contribution in [2.75, 3.05) is 0 Å². The zero-order chi connectivity index (χ0) is 9.26. The van der Waals surface area contributed by atoms with Gasteiger partial charge >= 0.3 is 0 Å². The fraction of sp³-hybridized carbons (Fsp3) is 0. The van der Waals surface area contributed by atoms with Crippen molar-refractivity contribution in [2.45, 2.75) is 0 Å². The predicted octanol–water partition coefficient (Wildman–Crippen LogP) is 1.79. The average molecular weight is 305 g/mol. The van der Waals surface area contributed by atoms with Gasteiger partial charge in [-0.1, -0.05) is 0 Å². The van der Waals surface area contributed by atoms with Crippen LogP contribution in [0.2, 0.25) is 0 Å². The monoisotopic (exact) mass is 303 g/mol. The first kappa shape index (κ1) is 8.76. The van der Waals surface area contributed by atoms with Gasteiger partial charge in [-0.05, 0) is 31.9 Å². The van der Waals surface area contributed by atoms with Gasteiger partial charge < -0.3 is 0 Å². The molecule has 0 unspecified atom stereocenters. The SMILES string of the molecule is Brc1cc(Br)nc(-c2ncn[nH]2)n1. The summed E-state index contributed by atoms with van der Waals surface area (Å²) < 4.78 is 1.39. The van der Waals surface area contributed by atoms with Crippen LogP contribution < -0.4 is 0 Å². The van der Waals surface area contributed by atoms with E-state index in [-0.39, 0.29) is 0 Å². The normalized spacial score (nSPS) is 10.3. The molecule has 0 atom stereocenters. The van der Waals surface area contributed by atoms with Gasteiger partial charge in [-0.25, -0.2) is 15.0 Å². The third kappa shape index (κ3) is 1.92. The Kier molecular flexibility index (Phi) is 2.36. The van der Waals surface area contributed by atoms with Crippen LogP contribution in [0.3, 0.4) is 0 Å². The zero-order valence-corrected chi connectivity index (χ0v) is 9.37. The minimum absolute atomic E-state index is 0.499. The van der Waals surface area contributed by atoms with Crippen molar-refractivity contribution >= 4 is 31.9 Å². The third-order valence-corrected chi connectivity index (χ3v) is 2.10. The van der Waals surface area contributed by atoms with Crippen LogP contribution in [0, 0.1) is 0 Å². The molecule has 0 aliphatic heterocycles. The summed E-state index contributed by atoms with van der Waals surface area (Å²) in [6, 6.07) is 1.75. The standard InChI is InChI=1S/C6H3Br2N5/c7-3-1-4(8)12-6(11-3)5-9-2-10-13-5/h1-2H,(H,9,10,13). The van der Waals surface area contributed by atoms with Crippen molar-refractivity contribution in [3.05, 3.63) is 21.6 Å². The molecule has 0 amide bonds. The van der Waals surface area contributed by atoms with Crippen LogP contribution in [0.25, 0.3) is 11.6 Å². The first-order valence-corrected chi connectivity index (χ1v) is 4.90. The highest BCUT2D eigenvalue weighted by molar-refractivity contribution is 9.11. The van der Waals surface area contributed by atoms with Crippen LogP contribution in [0.5, 0.6) is 0 Å². The van der Waals surface area contributed by atoms with E-state index in [0.717, 1.165) is 0 Å². The van der Waals surface area contributed by atoms with Crippen LogP contribution in [-0.4, -0.2) is 25.1 Å². The second-order valence-electron chi connectivity index (χ2n) is 2.17. The molecule has 2 heterocycles. The van der Waals surface area contributed by atoms with Crippen molar-refractivity contribution in [1.82, 2.24) is 25.1 Å². The summed E-state index contributed by atoms with van der Waals surface area (Å²) in [6.07, 6.45) is 1.41. The third-order valence-electron chi connectivity index (χ3n) is 1.29. The molecule has 0 aromatic carbocycles. The summed E-state index contributed by atoms with van der Waals surface area (Å²) in [4.78, 5) is 12.2. The molecule has 2 aromatic rings. The summed E-state index contributed by atoms with van der Waals surface area (Å²) >= 11 is 6.51. The second kappa shape index (κ2) is 3.51. The van der Waals surface area contributed by atoms with E-state index in [1.165, 1.54) is 6.33 Å². The molecule has 0 saturated heterocycles. The smallest absolute Gasteiger partial charge is 0.199 e. The Morgan fingerprint density at radius 3 is 2.38 bits per heavy atom. The number of nitrogens with zero attached hydrogens (tertiary/aromatic N) is 4. The van der Waals surface area contributed by atoms with E-state index >= 15 is 0 Å². The summed E-state index contributed by atoms with van der Waals surface area (Å²) in [5.41, 5.74) is 0. The highest BCUT2D eigenvalue weighted by atomic mass is 79.9. The maximum atomic E-state index is 4.12. The first-order chi connectivity index (χ1) is 6.25. The van der Waals surface area contributed by atoms with Gasteiger partial charge in [0.2, 0.25) is 0 Å². The van der Waals surface area contributed by atoms with E-state index in [9.17, 15) is 0 Å². The molecule has 13 heavy (non-hydrogen) atoms. The van der Waals surface area contributed by atoms with Gasteiger partial charge in [-0.15, -0.1) is 0 Å². The van der Waals surface area contributed by atoms with E-state index in [4.69, 9.17) is 0 Å². The van der Waals surface area contributed by atoms with Gasteiger partial charge in [0.05, 0.1) is 0 Å².